The third-order valence-corrected chi connectivity index (χ3v) is 4.89. The molecule has 2 N–H and O–H groups in total. The molecule has 0 unspecified atom stereocenters. The number of H-pyrrole nitrogens is 1. The lowest BCUT2D eigenvalue weighted by Crippen LogP contribution is -1.95. The van der Waals surface area contributed by atoms with Crippen LogP contribution in [-0.4, -0.2) is 21.0 Å². The van der Waals surface area contributed by atoms with Crippen LogP contribution in [0.5, 0.6) is 0 Å². The van der Waals surface area contributed by atoms with Gasteiger partial charge in [-0.1, -0.05) is 18.0 Å². The van der Waals surface area contributed by atoms with Gasteiger partial charge in [-0.15, -0.1) is 0 Å². The van der Waals surface area contributed by atoms with Crippen LogP contribution in [0.3, 0.4) is 0 Å². The van der Waals surface area contributed by atoms with Gasteiger partial charge in [-0.25, -0.2) is 0 Å². The fraction of sp³-hybridized carbons (Fsp3) is 0.300. The first-order valence-corrected chi connectivity index (χ1v) is 8.87. The molecule has 0 bridgehead atoms. The van der Waals surface area contributed by atoms with E-state index in [4.69, 9.17) is 16.7 Å². The molecule has 25 heavy (non-hydrogen) atoms. The van der Waals surface area contributed by atoms with Crippen LogP contribution < -0.4 is 0 Å². The van der Waals surface area contributed by atoms with Gasteiger partial charge in [0.15, 0.2) is 0 Å². The van der Waals surface area contributed by atoms with Crippen LogP contribution in [0, 0.1) is 6.92 Å². The molecule has 4 nitrogen and oxygen atoms in total. The van der Waals surface area contributed by atoms with Crippen LogP contribution in [-0.2, 0) is 11.2 Å². The van der Waals surface area contributed by atoms with E-state index in [-0.39, 0.29) is 6.42 Å². The number of aryl methyl sites for hydroxylation is 2. The van der Waals surface area contributed by atoms with Crippen LogP contribution in [0.25, 0.3) is 22.2 Å². The lowest BCUT2D eigenvalue weighted by Gasteiger charge is -2.08. The van der Waals surface area contributed by atoms with Gasteiger partial charge in [-0.2, -0.15) is 0 Å². The molecule has 0 fully saturated rings. The molecule has 0 spiro atoms. The molecule has 0 amide bonds. The number of aromatic nitrogens is 2. The van der Waals surface area contributed by atoms with Crippen molar-refractivity contribution >= 4 is 28.5 Å². The zero-order chi connectivity index (χ0) is 17.8. The van der Waals surface area contributed by atoms with Crippen molar-refractivity contribution in [2.45, 2.75) is 39.0 Å². The van der Waals surface area contributed by atoms with Crippen molar-refractivity contribution in [2.24, 2.45) is 0 Å². The summed E-state index contributed by atoms with van der Waals surface area (Å²) in [5.41, 5.74) is 5.50. The topological polar surface area (TPSA) is 66.0 Å². The van der Waals surface area contributed by atoms with Crippen LogP contribution in [0.2, 0.25) is 5.02 Å². The Morgan fingerprint density at radius 2 is 2.08 bits per heavy atom. The molecular formula is C20H21ClN2O2. The number of halogens is 1. The van der Waals surface area contributed by atoms with Gasteiger partial charge in [-0.05, 0) is 61.6 Å². The van der Waals surface area contributed by atoms with Gasteiger partial charge >= 0.3 is 5.97 Å². The lowest BCUT2D eigenvalue weighted by molar-refractivity contribution is -0.137. The Bertz CT molecular complexity index is 888. The first-order valence-electron chi connectivity index (χ1n) is 8.49. The van der Waals surface area contributed by atoms with Gasteiger partial charge in [0.1, 0.15) is 0 Å². The van der Waals surface area contributed by atoms with E-state index in [1.165, 1.54) is 10.9 Å². The molecule has 130 valence electrons. The predicted octanol–water partition coefficient (Wildman–Crippen LogP) is 5.38. The maximum absolute atomic E-state index is 10.6. The standard InChI is InChI=1S/C20H21ClN2O2/c1-13-19-15(7-3-2-4-8-18(24)25)16(21)9-10-17(19)23-20(13)14-6-5-11-22-12-14/h5-6,9-12,23H,2-4,7-8H2,1H3,(H,24,25). The summed E-state index contributed by atoms with van der Waals surface area (Å²) in [6, 6.07) is 7.91. The summed E-state index contributed by atoms with van der Waals surface area (Å²) in [6.45, 7) is 2.10. The Hall–Kier alpha value is -2.33. The van der Waals surface area contributed by atoms with Gasteiger partial charge in [0.2, 0.25) is 0 Å². The fourth-order valence-corrected chi connectivity index (χ4v) is 3.56. The van der Waals surface area contributed by atoms with Crippen molar-refractivity contribution in [2.75, 3.05) is 0 Å². The summed E-state index contributed by atoms with van der Waals surface area (Å²) < 4.78 is 0. The summed E-state index contributed by atoms with van der Waals surface area (Å²) in [6.07, 6.45) is 7.21. The maximum Gasteiger partial charge on any atom is 0.303 e. The van der Waals surface area contributed by atoms with Crippen LogP contribution in [0.1, 0.15) is 36.8 Å². The average molecular weight is 357 g/mol. The number of benzene rings is 1. The number of rotatable bonds is 7. The summed E-state index contributed by atoms with van der Waals surface area (Å²) >= 11 is 6.47. The van der Waals surface area contributed by atoms with Gasteiger partial charge in [0.25, 0.3) is 0 Å². The molecule has 0 saturated heterocycles. The molecule has 0 aliphatic heterocycles. The molecule has 3 aromatic rings. The number of hydrogen-bond acceptors (Lipinski definition) is 2. The zero-order valence-corrected chi connectivity index (χ0v) is 14.9. The highest BCUT2D eigenvalue weighted by Crippen LogP contribution is 2.35. The molecule has 1 aromatic carbocycles. The van der Waals surface area contributed by atoms with Crippen LogP contribution >= 0.6 is 11.6 Å². The number of hydrogen-bond donors (Lipinski definition) is 2. The molecule has 3 rings (SSSR count). The molecule has 0 saturated carbocycles. The first-order chi connectivity index (χ1) is 12.1. The van der Waals surface area contributed by atoms with E-state index in [9.17, 15) is 4.79 Å². The molecule has 0 atom stereocenters. The maximum atomic E-state index is 10.6. The third-order valence-electron chi connectivity index (χ3n) is 4.53. The number of carboxylic acids is 1. The molecule has 2 aromatic heterocycles. The highest BCUT2D eigenvalue weighted by molar-refractivity contribution is 6.32. The van der Waals surface area contributed by atoms with Gasteiger partial charge in [-0.3, -0.25) is 9.78 Å². The first kappa shape index (κ1) is 17.5. The van der Waals surface area contributed by atoms with E-state index in [2.05, 4.69) is 16.9 Å². The number of pyridine rings is 1. The van der Waals surface area contributed by atoms with E-state index in [1.54, 1.807) is 6.20 Å². The van der Waals surface area contributed by atoms with Crippen LogP contribution in [0.4, 0.5) is 0 Å². The molecule has 2 heterocycles. The second kappa shape index (κ2) is 7.70. The van der Waals surface area contributed by atoms with E-state index in [1.807, 2.05) is 30.5 Å². The van der Waals surface area contributed by atoms with Crippen molar-refractivity contribution in [1.82, 2.24) is 9.97 Å². The van der Waals surface area contributed by atoms with E-state index < -0.39 is 5.97 Å². The second-order valence-corrected chi connectivity index (χ2v) is 6.68. The van der Waals surface area contributed by atoms with E-state index in [0.29, 0.717) is 6.42 Å². The Kier molecular flexibility index (Phi) is 5.39. The summed E-state index contributed by atoms with van der Waals surface area (Å²) in [5.74, 6) is -0.734. The van der Waals surface area contributed by atoms with Crippen molar-refractivity contribution in [3.8, 4) is 11.3 Å². The van der Waals surface area contributed by atoms with Crippen molar-refractivity contribution in [1.29, 1.82) is 0 Å². The number of unbranched alkanes of at least 4 members (excludes halogenated alkanes) is 2. The number of nitrogens with one attached hydrogen (secondary N) is 1. The van der Waals surface area contributed by atoms with Crippen molar-refractivity contribution < 1.29 is 9.90 Å². The number of carboxylic acid groups (broad SMARTS) is 1. The fourth-order valence-electron chi connectivity index (χ4n) is 3.31. The minimum atomic E-state index is -0.734. The predicted molar refractivity (Wildman–Crippen MR) is 101 cm³/mol. The monoisotopic (exact) mass is 356 g/mol. The normalized spacial score (nSPS) is 11.1. The van der Waals surface area contributed by atoms with E-state index >= 15 is 0 Å². The molecule has 0 radical (unpaired) electrons. The lowest BCUT2D eigenvalue weighted by atomic mass is 9.99. The highest BCUT2D eigenvalue weighted by Gasteiger charge is 2.15. The zero-order valence-electron chi connectivity index (χ0n) is 14.2. The Morgan fingerprint density at radius 1 is 1.24 bits per heavy atom. The van der Waals surface area contributed by atoms with Gasteiger partial charge in [0, 0.05) is 40.3 Å². The summed E-state index contributed by atoms with van der Waals surface area (Å²) in [5, 5.41) is 10.7. The second-order valence-electron chi connectivity index (χ2n) is 6.27. The Labute approximate surface area is 151 Å². The number of aromatic amines is 1. The largest absolute Gasteiger partial charge is 0.481 e. The van der Waals surface area contributed by atoms with Gasteiger partial charge in [0.05, 0.1) is 5.69 Å². The minimum absolute atomic E-state index is 0.228. The van der Waals surface area contributed by atoms with Gasteiger partial charge < -0.3 is 10.1 Å². The SMILES string of the molecule is Cc1c(-c2cccnc2)[nH]c2ccc(Cl)c(CCCCCC(=O)O)c12. The average Bonchev–Trinajstić information content (AvgIpc) is 2.94. The van der Waals surface area contributed by atoms with E-state index in [0.717, 1.165) is 46.6 Å². The minimum Gasteiger partial charge on any atom is -0.481 e. The number of carbonyl (C=O) groups is 1. The third kappa shape index (κ3) is 3.85. The number of fused-ring (bicyclic) bond motifs is 1. The quantitative estimate of drug-likeness (QED) is 0.558. The summed E-state index contributed by atoms with van der Waals surface area (Å²) in [4.78, 5) is 18.3. The summed E-state index contributed by atoms with van der Waals surface area (Å²) in [7, 11) is 0. The molecular weight excluding hydrogens is 336 g/mol. The smallest absolute Gasteiger partial charge is 0.303 e. The molecule has 0 aliphatic rings. The Balaban J connectivity index is 1.89. The van der Waals surface area contributed by atoms with Crippen molar-refractivity contribution in [3.05, 3.63) is 52.8 Å². The van der Waals surface area contributed by atoms with Crippen LogP contribution in [0.15, 0.2) is 36.7 Å². The Morgan fingerprint density at radius 3 is 2.80 bits per heavy atom. The molecule has 0 aliphatic carbocycles. The number of nitrogens with zero attached hydrogens (tertiary/aromatic N) is 1. The van der Waals surface area contributed by atoms with Crippen molar-refractivity contribution in [3.63, 3.8) is 0 Å². The highest BCUT2D eigenvalue weighted by atomic mass is 35.5. The number of aliphatic carboxylic acids is 1. The molecule has 5 heteroatoms.